The van der Waals surface area contributed by atoms with Gasteiger partial charge in [-0.1, -0.05) is 0 Å². The number of nitrogens with one attached hydrogen (secondary N) is 2. The molecule has 1 aliphatic heterocycles. The van der Waals surface area contributed by atoms with Crippen molar-refractivity contribution in [1.82, 2.24) is 15.3 Å². The van der Waals surface area contributed by atoms with Crippen molar-refractivity contribution in [3.05, 3.63) is 18.6 Å². The van der Waals surface area contributed by atoms with Gasteiger partial charge in [-0.2, -0.15) is 0 Å². The van der Waals surface area contributed by atoms with Crippen LogP contribution in [0.4, 0.5) is 5.82 Å². The molecule has 2 heterocycles. The Balaban J connectivity index is 1.66. The van der Waals surface area contributed by atoms with E-state index in [1.165, 1.54) is 0 Å². The zero-order valence-electron chi connectivity index (χ0n) is 7.27. The van der Waals surface area contributed by atoms with E-state index in [9.17, 15) is 0 Å². The minimum Gasteiger partial charge on any atom is -0.365 e. The molecule has 2 unspecified atom stereocenters. The number of hydrogen-bond donors (Lipinski definition) is 2. The van der Waals surface area contributed by atoms with Crippen LogP contribution in [-0.4, -0.2) is 29.1 Å². The van der Waals surface area contributed by atoms with Crippen LogP contribution in [0, 0.1) is 11.8 Å². The Bertz CT molecular complexity index is 290. The van der Waals surface area contributed by atoms with Crippen LogP contribution in [0.5, 0.6) is 0 Å². The molecule has 0 bridgehead atoms. The number of anilines is 1. The number of fused-ring (bicyclic) bond motifs is 1. The fourth-order valence-electron chi connectivity index (χ4n) is 2.18. The second kappa shape index (κ2) is 2.67. The lowest BCUT2D eigenvalue weighted by atomic mass is 10.4. The van der Waals surface area contributed by atoms with E-state index in [0.29, 0.717) is 6.04 Å². The van der Waals surface area contributed by atoms with Crippen LogP contribution in [0.3, 0.4) is 0 Å². The molecule has 1 saturated heterocycles. The summed E-state index contributed by atoms with van der Waals surface area (Å²) in [4.78, 5) is 8.21. The van der Waals surface area contributed by atoms with Crippen molar-refractivity contribution < 1.29 is 0 Å². The van der Waals surface area contributed by atoms with Crippen molar-refractivity contribution in [3.63, 3.8) is 0 Å². The quantitative estimate of drug-likeness (QED) is 0.671. The van der Waals surface area contributed by atoms with Gasteiger partial charge in [-0.25, -0.2) is 4.98 Å². The maximum atomic E-state index is 4.19. The molecule has 4 nitrogen and oxygen atoms in total. The van der Waals surface area contributed by atoms with Gasteiger partial charge in [-0.05, 0) is 11.8 Å². The maximum absolute atomic E-state index is 4.19. The van der Waals surface area contributed by atoms with E-state index >= 15 is 0 Å². The topological polar surface area (TPSA) is 49.8 Å². The van der Waals surface area contributed by atoms with E-state index in [0.717, 1.165) is 30.7 Å². The first-order valence-corrected chi connectivity index (χ1v) is 4.68. The highest BCUT2D eigenvalue weighted by Crippen LogP contribution is 2.43. The normalized spacial score (nSPS) is 35.5. The Kier molecular flexibility index (Phi) is 1.49. The van der Waals surface area contributed by atoms with Gasteiger partial charge in [-0.15, -0.1) is 0 Å². The Hall–Kier alpha value is -1.16. The molecular weight excluding hydrogens is 164 g/mol. The lowest BCUT2D eigenvalue weighted by Crippen LogP contribution is -2.21. The predicted octanol–water partition coefficient (Wildman–Crippen LogP) is 0.106. The van der Waals surface area contributed by atoms with Gasteiger partial charge in [0.1, 0.15) is 5.82 Å². The third-order valence-corrected chi connectivity index (χ3v) is 2.97. The molecule has 1 aliphatic carbocycles. The van der Waals surface area contributed by atoms with Gasteiger partial charge >= 0.3 is 0 Å². The lowest BCUT2D eigenvalue weighted by molar-refractivity contribution is 0.695. The van der Waals surface area contributed by atoms with Crippen molar-refractivity contribution >= 4 is 5.82 Å². The monoisotopic (exact) mass is 176 g/mol. The highest BCUT2D eigenvalue weighted by Gasteiger charge is 2.53. The summed E-state index contributed by atoms with van der Waals surface area (Å²) in [6, 6.07) is 0.637. The lowest BCUT2D eigenvalue weighted by Gasteiger charge is -2.06. The largest absolute Gasteiger partial charge is 0.365 e. The Morgan fingerprint density at radius 1 is 1.31 bits per heavy atom. The second-order valence-electron chi connectivity index (χ2n) is 3.75. The third kappa shape index (κ3) is 1.18. The fourth-order valence-corrected chi connectivity index (χ4v) is 2.18. The second-order valence-corrected chi connectivity index (χ2v) is 3.75. The molecule has 0 aromatic carbocycles. The van der Waals surface area contributed by atoms with Gasteiger partial charge in [0, 0.05) is 31.5 Å². The summed E-state index contributed by atoms with van der Waals surface area (Å²) >= 11 is 0. The van der Waals surface area contributed by atoms with Gasteiger partial charge in [0.25, 0.3) is 0 Å². The summed E-state index contributed by atoms with van der Waals surface area (Å²) in [5.41, 5.74) is 0. The van der Waals surface area contributed by atoms with Crippen LogP contribution in [0.25, 0.3) is 0 Å². The summed E-state index contributed by atoms with van der Waals surface area (Å²) in [5, 5.41) is 6.77. The summed E-state index contributed by atoms with van der Waals surface area (Å²) in [6.07, 6.45) is 5.20. The van der Waals surface area contributed by atoms with E-state index in [-0.39, 0.29) is 0 Å². The van der Waals surface area contributed by atoms with E-state index in [2.05, 4.69) is 20.6 Å². The van der Waals surface area contributed by atoms with Crippen molar-refractivity contribution in [3.8, 4) is 0 Å². The van der Waals surface area contributed by atoms with E-state index in [1.807, 2.05) is 0 Å². The summed E-state index contributed by atoms with van der Waals surface area (Å²) < 4.78 is 0. The van der Waals surface area contributed by atoms with Crippen LogP contribution >= 0.6 is 0 Å². The van der Waals surface area contributed by atoms with E-state index in [4.69, 9.17) is 0 Å². The first-order chi connectivity index (χ1) is 6.45. The van der Waals surface area contributed by atoms with Gasteiger partial charge in [0.2, 0.25) is 0 Å². The fraction of sp³-hybridized carbons (Fsp3) is 0.556. The minimum absolute atomic E-state index is 0.637. The molecule has 2 fully saturated rings. The molecule has 1 aromatic heterocycles. The smallest absolute Gasteiger partial charge is 0.144 e. The Morgan fingerprint density at radius 2 is 2.15 bits per heavy atom. The highest BCUT2D eigenvalue weighted by atomic mass is 15.1. The number of nitrogens with zero attached hydrogens (tertiary/aromatic N) is 2. The average Bonchev–Trinajstić information content (AvgIpc) is 2.65. The first-order valence-electron chi connectivity index (χ1n) is 4.68. The van der Waals surface area contributed by atoms with Crippen LogP contribution in [-0.2, 0) is 0 Å². The number of hydrogen-bond acceptors (Lipinski definition) is 4. The molecule has 2 aliphatic rings. The summed E-state index contributed by atoms with van der Waals surface area (Å²) in [6.45, 7) is 2.31. The first kappa shape index (κ1) is 7.26. The molecule has 1 saturated carbocycles. The molecule has 2 N–H and O–H groups in total. The minimum atomic E-state index is 0.637. The molecule has 1 aromatic rings. The molecular formula is C9H12N4. The average molecular weight is 176 g/mol. The van der Waals surface area contributed by atoms with E-state index < -0.39 is 0 Å². The Labute approximate surface area is 76.8 Å². The standard InChI is InChI=1S/C9H12N4/c1-2-12-8(5-10-1)13-9-6-3-11-4-7(6)9/h1-2,5-7,9,11H,3-4H2,(H,12,13). The van der Waals surface area contributed by atoms with Gasteiger partial charge < -0.3 is 10.6 Å². The molecule has 3 rings (SSSR count). The predicted molar refractivity (Wildman–Crippen MR) is 49.3 cm³/mol. The molecule has 2 atom stereocenters. The maximum Gasteiger partial charge on any atom is 0.144 e. The highest BCUT2D eigenvalue weighted by molar-refractivity contribution is 5.36. The molecule has 0 amide bonds. The summed E-state index contributed by atoms with van der Waals surface area (Å²) in [5.74, 6) is 2.55. The molecule has 68 valence electrons. The van der Waals surface area contributed by atoms with E-state index in [1.54, 1.807) is 18.6 Å². The molecule has 4 heteroatoms. The zero-order chi connectivity index (χ0) is 8.67. The SMILES string of the molecule is c1cnc(NC2C3CNCC32)cn1. The van der Waals surface area contributed by atoms with Crippen molar-refractivity contribution in [1.29, 1.82) is 0 Å². The number of piperidine rings is 1. The van der Waals surface area contributed by atoms with Gasteiger partial charge in [0.05, 0.1) is 6.20 Å². The Morgan fingerprint density at radius 3 is 2.85 bits per heavy atom. The van der Waals surface area contributed by atoms with Crippen molar-refractivity contribution in [2.24, 2.45) is 11.8 Å². The molecule has 0 radical (unpaired) electrons. The van der Waals surface area contributed by atoms with Gasteiger partial charge in [-0.3, -0.25) is 4.98 Å². The van der Waals surface area contributed by atoms with Crippen molar-refractivity contribution in [2.75, 3.05) is 18.4 Å². The zero-order valence-corrected chi connectivity index (χ0v) is 7.27. The van der Waals surface area contributed by atoms with Crippen molar-refractivity contribution in [2.45, 2.75) is 6.04 Å². The molecule has 0 spiro atoms. The number of aromatic nitrogens is 2. The third-order valence-electron chi connectivity index (χ3n) is 2.97. The van der Waals surface area contributed by atoms with Crippen LogP contribution < -0.4 is 10.6 Å². The molecule has 13 heavy (non-hydrogen) atoms. The van der Waals surface area contributed by atoms with Crippen LogP contribution in [0.1, 0.15) is 0 Å². The van der Waals surface area contributed by atoms with Crippen LogP contribution in [0.15, 0.2) is 18.6 Å². The van der Waals surface area contributed by atoms with Crippen LogP contribution in [0.2, 0.25) is 0 Å². The summed E-state index contributed by atoms with van der Waals surface area (Å²) in [7, 11) is 0. The van der Waals surface area contributed by atoms with Gasteiger partial charge in [0.15, 0.2) is 0 Å². The number of rotatable bonds is 2.